The van der Waals surface area contributed by atoms with E-state index in [0.29, 0.717) is 5.57 Å². The lowest BCUT2D eigenvalue weighted by molar-refractivity contribution is -0.139. The zero-order valence-corrected chi connectivity index (χ0v) is 16.0. The van der Waals surface area contributed by atoms with E-state index in [0.717, 1.165) is 24.9 Å². The second-order valence-corrected chi connectivity index (χ2v) is 7.97. The largest absolute Gasteiger partial charge is 0.497 e. The van der Waals surface area contributed by atoms with E-state index in [1.54, 1.807) is 6.26 Å². The normalized spacial score (nSPS) is 31.6. The van der Waals surface area contributed by atoms with E-state index in [4.69, 9.17) is 9.47 Å². The predicted octanol–water partition coefficient (Wildman–Crippen LogP) is 3.07. The number of benzene rings is 1. The Bertz CT molecular complexity index is 1020. The van der Waals surface area contributed by atoms with Crippen LogP contribution >= 0.6 is 0 Å². The number of carbonyl (C=O) groups is 1. The summed E-state index contributed by atoms with van der Waals surface area (Å²) in [6, 6.07) is 10.7. The Hall–Kier alpha value is -2.78. The van der Waals surface area contributed by atoms with Crippen LogP contribution in [0.1, 0.15) is 30.6 Å². The molecule has 3 aliphatic rings. The molecule has 6 nitrogen and oxygen atoms in total. The van der Waals surface area contributed by atoms with Crippen molar-refractivity contribution in [3.05, 3.63) is 47.4 Å². The second kappa shape index (κ2) is 6.39. The van der Waals surface area contributed by atoms with Gasteiger partial charge < -0.3 is 14.5 Å². The maximum Gasteiger partial charge on any atom is 0.337 e. The number of piperidine rings is 1. The van der Waals surface area contributed by atoms with E-state index in [1.807, 2.05) is 13.0 Å². The first kappa shape index (κ1) is 17.3. The van der Waals surface area contributed by atoms with Crippen molar-refractivity contribution in [2.24, 2.45) is 11.8 Å². The zero-order chi connectivity index (χ0) is 19.4. The van der Waals surface area contributed by atoms with Gasteiger partial charge in [-0.2, -0.15) is 5.26 Å². The topological polar surface area (TPSA) is 78.3 Å². The number of aromatic amines is 1. The molecule has 1 aromatic heterocycles. The molecule has 1 aromatic carbocycles. The van der Waals surface area contributed by atoms with Crippen LogP contribution < -0.4 is 0 Å². The summed E-state index contributed by atoms with van der Waals surface area (Å²) in [5, 5.41) is 11.3. The Kier molecular flexibility index (Phi) is 3.95. The average Bonchev–Trinajstić information content (AvgIpc) is 3.11. The van der Waals surface area contributed by atoms with Crippen molar-refractivity contribution in [2.45, 2.75) is 38.0 Å². The minimum atomic E-state index is -0.361. The van der Waals surface area contributed by atoms with Crippen molar-refractivity contribution >= 4 is 16.9 Å². The number of methoxy groups -OCH3 is 1. The summed E-state index contributed by atoms with van der Waals surface area (Å²) < 4.78 is 10.8. The monoisotopic (exact) mass is 377 g/mol. The number of para-hydroxylation sites is 1. The molecule has 0 amide bonds. The SMILES string of the molecule is COC(=O)C1=CO[C@@H](C)[C@@H]2C(C#N)N3CCc4c([nH]c5ccccc45)[C@H]3C[C@H]12. The number of hydrogen-bond donors (Lipinski definition) is 1. The lowest BCUT2D eigenvalue weighted by atomic mass is 9.68. The van der Waals surface area contributed by atoms with Crippen molar-refractivity contribution in [1.29, 1.82) is 5.26 Å². The molecule has 0 saturated carbocycles. The molecule has 3 aliphatic heterocycles. The van der Waals surface area contributed by atoms with E-state index in [9.17, 15) is 10.1 Å². The molecule has 0 aliphatic carbocycles. The van der Waals surface area contributed by atoms with Gasteiger partial charge in [-0.15, -0.1) is 0 Å². The molecule has 5 rings (SSSR count). The fraction of sp³-hybridized carbons (Fsp3) is 0.455. The number of esters is 1. The molecule has 144 valence electrons. The summed E-state index contributed by atoms with van der Waals surface area (Å²) in [5.41, 5.74) is 4.22. The molecule has 1 saturated heterocycles. The Morgan fingerprint density at radius 2 is 2.21 bits per heavy atom. The van der Waals surface area contributed by atoms with Gasteiger partial charge in [0.25, 0.3) is 0 Å². The van der Waals surface area contributed by atoms with Gasteiger partial charge in [0.15, 0.2) is 0 Å². The molecule has 1 N–H and O–H groups in total. The first-order chi connectivity index (χ1) is 13.6. The summed E-state index contributed by atoms with van der Waals surface area (Å²) in [4.78, 5) is 18.3. The van der Waals surface area contributed by atoms with E-state index >= 15 is 0 Å². The molecule has 4 heterocycles. The number of rotatable bonds is 1. The van der Waals surface area contributed by atoms with Crippen LogP contribution in [0.3, 0.4) is 0 Å². The number of hydrogen-bond acceptors (Lipinski definition) is 5. The van der Waals surface area contributed by atoms with Gasteiger partial charge >= 0.3 is 5.97 Å². The van der Waals surface area contributed by atoms with Crippen LogP contribution in [0, 0.1) is 23.2 Å². The van der Waals surface area contributed by atoms with Gasteiger partial charge in [-0.1, -0.05) is 18.2 Å². The highest BCUT2D eigenvalue weighted by molar-refractivity contribution is 5.89. The summed E-state index contributed by atoms with van der Waals surface area (Å²) in [6.45, 7) is 2.83. The molecule has 1 fully saturated rings. The maximum absolute atomic E-state index is 12.4. The van der Waals surface area contributed by atoms with Crippen molar-refractivity contribution < 1.29 is 14.3 Å². The molecule has 0 bridgehead atoms. The zero-order valence-electron chi connectivity index (χ0n) is 16.0. The molecule has 6 heteroatoms. The Morgan fingerprint density at radius 1 is 1.39 bits per heavy atom. The minimum Gasteiger partial charge on any atom is -0.497 e. The number of ether oxygens (including phenoxy) is 2. The number of nitrogens with one attached hydrogen (secondary N) is 1. The van der Waals surface area contributed by atoms with E-state index < -0.39 is 0 Å². The quantitative estimate of drug-likeness (QED) is 0.773. The highest BCUT2D eigenvalue weighted by Crippen LogP contribution is 2.50. The van der Waals surface area contributed by atoms with E-state index in [1.165, 1.54) is 23.8 Å². The first-order valence-electron chi connectivity index (χ1n) is 9.82. The number of carbonyl (C=O) groups excluding carboxylic acids is 1. The predicted molar refractivity (Wildman–Crippen MR) is 103 cm³/mol. The van der Waals surface area contributed by atoms with Gasteiger partial charge in [0.05, 0.1) is 31.1 Å². The highest BCUT2D eigenvalue weighted by Gasteiger charge is 2.52. The molecule has 0 spiro atoms. The lowest BCUT2D eigenvalue weighted by Gasteiger charge is -2.51. The van der Waals surface area contributed by atoms with Gasteiger partial charge in [-0.25, -0.2) is 4.79 Å². The van der Waals surface area contributed by atoms with Gasteiger partial charge in [0.2, 0.25) is 0 Å². The second-order valence-electron chi connectivity index (χ2n) is 7.97. The molecular formula is C22H23N3O3. The summed E-state index contributed by atoms with van der Waals surface area (Å²) >= 11 is 0. The third-order valence-corrected chi connectivity index (χ3v) is 6.77. The Balaban J connectivity index is 1.62. The number of fused-ring (bicyclic) bond motifs is 6. The number of aromatic nitrogens is 1. The molecule has 0 radical (unpaired) electrons. The smallest absolute Gasteiger partial charge is 0.337 e. The van der Waals surface area contributed by atoms with Crippen LogP contribution in [0.5, 0.6) is 0 Å². The highest BCUT2D eigenvalue weighted by atomic mass is 16.5. The van der Waals surface area contributed by atoms with Gasteiger partial charge in [-0.3, -0.25) is 4.90 Å². The summed E-state index contributed by atoms with van der Waals surface area (Å²) in [6.07, 6.45) is 3.13. The van der Waals surface area contributed by atoms with Crippen molar-refractivity contribution in [3.8, 4) is 6.07 Å². The van der Waals surface area contributed by atoms with Crippen LogP contribution in [0.25, 0.3) is 10.9 Å². The van der Waals surface area contributed by atoms with Gasteiger partial charge in [0, 0.05) is 35.0 Å². The van der Waals surface area contributed by atoms with Crippen LogP contribution in [-0.2, 0) is 20.7 Å². The van der Waals surface area contributed by atoms with Crippen molar-refractivity contribution in [2.75, 3.05) is 13.7 Å². The van der Waals surface area contributed by atoms with Crippen LogP contribution in [-0.4, -0.2) is 41.7 Å². The minimum absolute atomic E-state index is 0.0497. The Labute approximate surface area is 163 Å². The fourth-order valence-electron chi connectivity index (χ4n) is 5.52. The van der Waals surface area contributed by atoms with E-state index in [2.05, 4.69) is 34.2 Å². The van der Waals surface area contributed by atoms with Crippen LogP contribution in [0.4, 0.5) is 0 Å². The first-order valence-corrected chi connectivity index (χ1v) is 9.82. The molecule has 28 heavy (non-hydrogen) atoms. The third kappa shape index (κ3) is 2.33. The van der Waals surface area contributed by atoms with Crippen molar-refractivity contribution in [3.63, 3.8) is 0 Å². The van der Waals surface area contributed by atoms with Gasteiger partial charge in [-0.05, 0) is 31.4 Å². The van der Waals surface area contributed by atoms with E-state index in [-0.39, 0.29) is 36.0 Å². The number of H-pyrrole nitrogens is 1. The van der Waals surface area contributed by atoms with Crippen LogP contribution in [0.15, 0.2) is 36.1 Å². The third-order valence-electron chi connectivity index (χ3n) is 6.77. The summed E-state index contributed by atoms with van der Waals surface area (Å²) in [7, 11) is 1.39. The standard InChI is InChI=1S/C22H23N3O3/c1-12-20-15(16(11-28-12)22(26)27-2)9-18-21-14(7-8-25(18)19(20)10-23)13-5-3-4-6-17(13)24-21/h3-6,11-12,15,18-20,24H,7-9H2,1-2H3/t12-,15+,18+,19?,20-/m0/s1. The molecule has 5 atom stereocenters. The molecule has 1 unspecified atom stereocenters. The summed E-state index contributed by atoms with van der Waals surface area (Å²) in [5.74, 6) is -0.467. The average molecular weight is 377 g/mol. The van der Waals surface area contributed by atoms with Gasteiger partial charge in [0.1, 0.15) is 12.1 Å². The lowest BCUT2D eigenvalue weighted by Crippen LogP contribution is -2.57. The van der Waals surface area contributed by atoms with Crippen LogP contribution in [0.2, 0.25) is 0 Å². The molecular weight excluding hydrogens is 354 g/mol. The Morgan fingerprint density at radius 3 is 3.00 bits per heavy atom. The molecule has 2 aromatic rings. The van der Waals surface area contributed by atoms with Crippen molar-refractivity contribution in [1.82, 2.24) is 9.88 Å². The number of nitriles is 1. The number of nitrogens with zero attached hydrogens (tertiary/aromatic N) is 2. The maximum atomic E-state index is 12.4. The fourth-order valence-corrected chi connectivity index (χ4v) is 5.52.